The molecule has 12 heavy (non-hydrogen) atoms. The van der Waals surface area contributed by atoms with Gasteiger partial charge in [0.1, 0.15) is 0 Å². The zero-order chi connectivity index (χ0) is 8.55. The minimum Gasteiger partial charge on any atom is -0.330 e. The molecular weight excluding hydrogens is 146 g/mol. The van der Waals surface area contributed by atoms with E-state index in [0.29, 0.717) is 0 Å². The summed E-state index contributed by atoms with van der Waals surface area (Å²) in [6.07, 6.45) is 0. The van der Waals surface area contributed by atoms with Crippen molar-refractivity contribution in [3.8, 4) is 0 Å². The van der Waals surface area contributed by atoms with Crippen LogP contribution in [0.4, 0.5) is 0 Å². The summed E-state index contributed by atoms with van der Waals surface area (Å²) in [7, 11) is 0. The van der Waals surface area contributed by atoms with Crippen molar-refractivity contribution in [1.29, 1.82) is 0 Å². The Hall–Kier alpha value is -0.820. The van der Waals surface area contributed by atoms with Crippen molar-refractivity contribution >= 4 is 0 Å². The van der Waals surface area contributed by atoms with Crippen molar-refractivity contribution in [1.82, 2.24) is 0 Å². The van der Waals surface area contributed by atoms with Crippen LogP contribution in [0, 0.1) is 11.8 Å². The van der Waals surface area contributed by atoms with Crippen LogP contribution in [0.15, 0.2) is 30.3 Å². The first-order chi connectivity index (χ1) is 5.84. The van der Waals surface area contributed by atoms with Gasteiger partial charge in [0.2, 0.25) is 0 Å². The minimum atomic E-state index is 0.729. The number of benzene rings is 1. The molecule has 0 aliphatic heterocycles. The van der Waals surface area contributed by atoms with E-state index in [-0.39, 0.29) is 0 Å². The quantitative estimate of drug-likeness (QED) is 0.705. The summed E-state index contributed by atoms with van der Waals surface area (Å²) in [5.74, 6) is 2.25. The van der Waals surface area contributed by atoms with Gasteiger partial charge in [0, 0.05) is 0 Å². The van der Waals surface area contributed by atoms with E-state index < -0.39 is 0 Å². The Kier molecular flexibility index (Phi) is 1.89. The number of rotatable bonds is 2. The van der Waals surface area contributed by atoms with Crippen LogP contribution in [0.1, 0.15) is 18.4 Å². The second-order valence-corrected chi connectivity index (χ2v) is 3.70. The zero-order valence-corrected chi connectivity index (χ0v) is 7.40. The molecule has 64 valence electrons. The van der Waals surface area contributed by atoms with Crippen LogP contribution in [0.2, 0.25) is 0 Å². The Morgan fingerprint density at radius 2 is 1.92 bits per heavy atom. The van der Waals surface area contributed by atoms with Gasteiger partial charge in [-0.1, -0.05) is 37.3 Å². The van der Waals surface area contributed by atoms with E-state index >= 15 is 0 Å². The lowest BCUT2D eigenvalue weighted by molar-refractivity contribution is 0.758. The Labute approximate surface area is 73.6 Å². The zero-order valence-electron chi connectivity index (χ0n) is 7.40. The molecular formula is C11H15N. The van der Waals surface area contributed by atoms with Crippen molar-refractivity contribution in [2.75, 3.05) is 6.54 Å². The third-order valence-corrected chi connectivity index (χ3v) is 3.02. The van der Waals surface area contributed by atoms with Crippen LogP contribution in [0.5, 0.6) is 0 Å². The van der Waals surface area contributed by atoms with E-state index in [2.05, 4.69) is 37.3 Å². The highest BCUT2D eigenvalue weighted by molar-refractivity contribution is 5.27. The molecule has 1 saturated carbocycles. The lowest BCUT2D eigenvalue weighted by atomic mass is 10.1. The molecule has 1 aromatic rings. The Balaban J connectivity index is 2.14. The van der Waals surface area contributed by atoms with Crippen LogP contribution in [-0.2, 0) is 0 Å². The van der Waals surface area contributed by atoms with Gasteiger partial charge in [-0.3, -0.25) is 0 Å². The molecule has 0 amide bonds. The van der Waals surface area contributed by atoms with E-state index in [0.717, 1.165) is 24.3 Å². The first kappa shape index (κ1) is 7.81. The fraction of sp³-hybridized carbons (Fsp3) is 0.455. The average Bonchev–Trinajstić information content (AvgIpc) is 2.78. The van der Waals surface area contributed by atoms with E-state index in [1.165, 1.54) is 5.56 Å². The first-order valence-electron chi connectivity index (χ1n) is 4.59. The molecule has 1 aliphatic rings. The molecule has 3 atom stereocenters. The number of hydrogen-bond donors (Lipinski definition) is 1. The summed E-state index contributed by atoms with van der Waals surface area (Å²) in [6, 6.07) is 10.7. The number of nitrogens with two attached hydrogens (primary N) is 1. The molecule has 3 unspecified atom stereocenters. The Bertz CT molecular complexity index is 255. The monoisotopic (exact) mass is 161 g/mol. The first-order valence-corrected chi connectivity index (χ1v) is 4.59. The van der Waals surface area contributed by atoms with Crippen molar-refractivity contribution in [2.45, 2.75) is 12.8 Å². The maximum absolute atomic E-state index is 5.65. The van der Waals surface area contributed by atoms with Gasteiger partial charge in [-0.05, 0) is 29.9 Å². The summed E-state index contributed by atoms with van der Waals surface area (Å²) in [5, 5.41) is 0. The summed E-state index contributed by atoms with van der Waals surface area (Å²) in [6.45, 7) is 3.12. The summed E-state index contributed by atoms with van der Waals surface area (Å²) in [4.78, 5) is 0. The smallest absolute Gasteiger partial charge is 0.00401 e. The molecule has 1 aliphatic carbocycles. The highest BCUT2D eigenvalue weighted by atomic mass is 14.6. The molecule has 1 aromatic carbocycles. The molecule has 0 radical (unpaired) electrons. The fourth-order valence-electron chi connectivity index (χ4n) is 2.13. The molecule has 1 fully saturated rings. The summed E-state index contributed by atoms with van der Waals surface area (Å²) >= 11 is 0. The Morgan fingerprint density at radius 1 is 1.25 bits per heavy atom. The fourth-order valence-corrected chi connectivity index (χ4v) is 2.13. The second kappa shape index (κ2) is 2.91. The van der Waals surface area contributed by atoms with E-state index in [9.17, 15) is 0 Å². The normalized spacial score (nSPS) is 33.3. The van der Waals surface area contributed by atoms with Crippen LogP contribution >= 0.6 is 0 Å². The van der Waals surface area contributed by atoms with E-state index in [1.54, 1.807) is 0 Å². The largest absolute Gasteiger partial charge is 0.330 e. The predicted octanol–water partition coefficient (Wildman–Crippen LogP) is 1.99. The topological polar surface area (TPSA) is 26.0 Å². The predicted molar refractivity (Wildman–Crippen MR) is 50.9 cm³/mol. The molecule has 0 spiro atoms. The van der Waals surface area contributed by atoms with Gasteiger partial charge < -0.3 is 5.73 Å². The Morgan fingerprint density at radius 3 is 2.42 bits per heavy atom. The van der Waals surface area contributed by atoms with Gasteiger partial charge in [0.15, 0.2) is 0 Å². The van der Waals surface area contributed by atoms with Crippen molar-refractivity contribution in [2.24, 2.45) is 17.6 Å². The maximum atomic E-state index is 5.65. The molecule has 0 aromatic heterocycles. The van der Waals surface area contributed by atoms with Gasteiger partial charge in [0.05, 0.1) is 0 Å². The highest BCUT2D eigenvalue weighted by Gasteiger charge is 2.45. The standard InChI is InChI=1S/C11H15N/c1-8-10(7-12)11(8)9-5-3-2-4-6-9/h2-6,8,10-11H,7,12H2,1H3. The molecule has 2 N–H and O–H groups in total. The van der Waals surface area contributed by atoms with Gasteiger partial charge in [-0.2, -0.15) is 0 Å². The van der Waals surface area contributed by atoms with Crippen LogP contribution in [0.3, 0.4) is 0 Å². The van der Waals surface area contributed by atoms with Crippen molar-refractivity contribution in [3.05, 3.63) is 35.9 Å². The van der Waals surface area contributed by atoms with Gasteiger partial charge in [-0.15, -0.1) is 0 Å². The van der Waals surface area contributed by atoms with Crippen LogP contribution < -0.4 is 5.73 Å². The second-order valence-electron chi connectivity index (χ2n) is 3.70. The molecule has 0 saturated heterocycles. The summed E-state index contributed by atoms with van der Waals surface area (Å²) < 4.78 is 0. The van der Waals surface area contributed by atoms with Crippen molar-refractivity contribution in [3.63, 3.8) is 0 Å². The maximum Gasteiger partial charge on any atom is -0.00401 e. The van der Waals surface area contributed by atoms with Crippen LogP contribution in [-0.4, -0.2) is 6.54 Å². The minimum absolute atomic E-state index is 0.729. The third kappa shape index (κ3) is 1.14. The molecule has 1 heteroatoms. The summed E-state index contributed by atoms with van der Waals surface area (Å²) in [5.41, 5.74) is 7.11. The van der Waals surface area contributed by atoms with Gasteiger partial charge in [-0.25, -0.2) is 0 Å². The van der Waals surface area contributed by atoms with Crippen LogP contribution in [0.25, 0.3) is 0 Å². The lowest BCUT2D eigenvalue weighted by Gasteiger charge is -1.96. The average molecular weight is 161 g/mol. The highest BCUT2D eigenvalue weighted by Crippen LogP contribution is 2.52. The van der Waals surface area contributed by atoms with E-state index in [1.807, 2.05) is 0 Å². The lowest BCUT2D eigenvalue weighted by Crippen LogP contribution is -2.02. The van der Waals surface area contributed by atoms with Gasteiger partial charge >= 0.3 is 0 Å². The number of hydrogen-bond acceptors (Lipinski definition) is 1. The molecule has 1 nitrogen and oxygen atoms in total. The van der Waals surface area contributed by atoms with Crippen molar-refractivity contribution < 1.29 is 0 Å². The molecule has 0 bridgehead atoms. The van der Waals surface area contributed by atoms with E-state index in [4.69, 9.17) is 5.73 Å². The SMILES string of the molecule is CC1C(CN)C1c1ccccc1. The third-order valence-electron chi connectivity index (χ3n) is 3.02. The molecule has 2 rings (SSSR count). The molecule has 0 heterocycles. The van der Waals surface area contributed by atoms with Gasteiger partial charge in [0.25, 0.3) is 0 Å².